The highest BCUT2D eigenvalue weighted by Crippen LogP contribution is 2.36. The molecule has 0 saturated heterocycles. The van der Waals surface area contributed by atoms with E-state index in [-0.39, 0.29) is 5.54 Å². The van der Waals surface area contributed by atoms with Gasteiger partial charge in [-0.25, -0.2) is 0 Å². The maximum atomic E-state index is 6.08. The van der Waals surface area contributed by atoms with E-state index in [0.29, 0.717) is 0 Å². The number of hydrogen-bond acceptors (Lipinski definition) is 3. The van der Waals surface area contributed by atoms with Crippen LogP contribution >= 0.6 is 0 Å². The van der Waals surface area contributed by atoms with E-state index in [4.69, 9.17) is 5.73 Å². The van der Waals surface area contributed by atoms with E-state index in [9.17, 15) is 0 Å². The summed E-state index contributed by atoms with van der Waals surface area (Å²) in [5.74, 6) is 0. The smallest absolute Gasteiger partial charge is 0.0889 e. The molecular weight excluding hydrogens is 198 g/mol. The zero-order valence-corrected chi connectivity index (χ0v) is 9.19. The number of nitrogens with two attached hydrogens (primary N) is 1. The molecule has 2 N–H and O–H groups in total. The predicted octanol–water partition coefficient (Wildman–Crippen LogP) is 2.05. The summed E-state index contributed by atoms with van der Waals surface area (Å²) in [5, 5.41) is 0. The van der Waals surface area contributed by atoms with Crippen LogP contribution in [0.3, 0.4) is 0 Å². The minimum Gasteiger partial charge on any atom is -0.325 e. The summed E-state index contributed by atoms with van der Waals surface area (Å²) >= 11 is 0. The zero-order valence-electron chi connectivity index (χ0n) is 9.19. The molecule has 0 spiro atoms. The second-order valence-electron chi connectivity index (χ2n) is 4.74. The summed E-state index contributed by atoms with van der Waals surface area (Å²) in [4.78, 5) is 8.56. The van der Waals surface area contributed by atoms with Gasteiger partial charge < -0.3 is 5.73 Å². The third kappa shape index (κ3) is 1.91. The van der Waals surface area contributed by atoms with Gasteiger partial charge in [-0.2, -0.15) is 0 Å². The first-order chi connectivity index (χ1) is 7.75. The van der Waals surface area contributed by atoms with Crippen LogP contribution in [-0.4, -0.2) is 15.5 Å². The highest BCUT2D eigenvalue weighted by Gasteiger charge is 2.37. The van der Waals surface area contributed by atoms with Crippen LogP contribution in [0.2, 0.25) is 0 Å². The molecule has 1 fully saturated rings. The van der Waals surface area contributed by atoms with Crippen LogP contribution in [0.5, 0.6) is 0 Å². The summed E-state index contributed by atoms with van der Waals surface area (Å²) in [5.41, 5.74) is 9.46. The lowest BCUT2D eigenvalue weighted by molar-refractivity contribution is 0.609. The molecule has 0 radical (unpaired) electrons. The van der Waals surface area contributed by atoms with Crippen molar-refractivity contribution in [3.8, 4) is 0 Å². The average molecular weight is 213 g/mol. The van der Waals surface area contributed by atoms with Crippen LogP contribution < -0.4 is 5.73 Å². The Hall–Kier alpha value is -1.48. The van der Waals surface area contributed by atoms with E-state index in [1.165, 1.54) is 18.4 Å². The molecule has 0 atom stereocenters. The van der Waals surface area contributed by atoms with Crippen molar-refractivity contribution in [3.05, 3.63) is 36.2 Å². The zero-order chi connectivity index (χ0) is 11.0. The summed E-state index contributed by atoms with van der Waals surface area (Å²) in [7, 11) is 0. The Labute approximate surface area is 94.7 Å². The molecule has 1 aromatic heterocycles. The van der Waals surface area contributed by atoms with Crippen molar-refractivity contribution in [2.24, 2.45) is 5.73 Å². The fourth-order valence-corrected chi connectivity index (χ4v) is 1.97. The molecule has 16 heavy (non-hydrogen) atoms. The van der Waals surface area contributed by atoms with Crippen molar-refractivity contribution in [3.63, 3.8) is 0 Å². The Morgan fingerprint density at radius 2 is 1.88 bits per heavy atom. The first-order valence-corrected chi connectivity index (χ1v) is 5.74. The summed E-state index contributed by atoms with van der Waals surface area (Å²) in [6, 6.07) is 6.28. The number of fused-ring (bicyclic) bond motifs is 1. The molecule has 3 heteroatoms. The minimum atomic E-state index is 0.136. The molecule has 1 aromatic carbocycles. The first-order valence-electron chi connectivity index (χ1n) is 5.74. The average Bonchev–Trinajstić information content (AvgIpc) is 3.05. The van der Waals surface area contributed by atoms with Gasteiger partial charge in [0.1, 0.15) is 0 Å². The van der Waals surface area contributed by atoms with Gasteiger partial charge in [0, 0.05) is 17.9 Å². The van der Waals surface area contributed by atoms with Gasteiger partial charge in [0.15, 0.2) is 0 Å². The molecule has 2 aromatic rings. The van der Waals surface area contributed by atoms with Crippen LogP contribution in [-0.2, 0) is 6.42 Å². The Morgan fingerprint density at radius 1 is 1.12 bits per heavy atom. The largest absolute Gasteiger partial charge is 0.325 e. The number of rotatable bonds is 3. The van der Waals surface area contributed by atoms with Gasteiger partial charge >= 0.3 is 0 Å². The van der Waals surface area contributed by atoms with Gasteiger partial charge in [-0.1, -0.05) is 6.07 Å². The van der Waals surface area contributed by atoms with E-state index in [1.54, 1.807) is 12.4 Å². The van der Waals surface area contributed by atoms with Crippen molar-refractivity contribution < 1.29 is 0 Å². The molecule has 1 saturated carbocycles. The molecule has 1 aliphatic rings. The van der Waals surface area contributed by atoms with E-state index >= 15 is 0 Å². The van der Waals surface area contributed by atoms with Gasteiger partial charge in [-0.3, -0.25) is 9.97 Å². The van der Waals surface area contributed by atoms with Gasteiger partial charge in [0.05, 0.1) is 11.0 Å². The van der Waals surface area contributed by atoms with Crippen molar-refractivity contribution in [1.29, 1.82) is 0 Å². The Bertz CT molecular complexity index is 517. The van der Waals surface area contributed by atoms with Crippen LogP contribution in [0.15, 0.2) is 30.6 Å². The lowest BCUT2D eigenvalue weighted by atomic mass is 10.0. The second kappa shape index (κ2) is 3.52. The number of hydrogen-bond donors (Lipinski definition) is 1. The van der Waals surface area contributed by atoms with Gasteiger partial charge in [-0.05, 0) is 43.4 Å². The van der Waals surface area contributed by atoms with Crippen LogP contribution in [0, 0.1) is 0 Å². The van der Waals surface area contributed by atoms with E-state index in [0.717, 1.165) is 23.9 Å². The van der Waals surface area contributed by atoms with Crippen molar-refractivity contribution in [2.45, 2.75) is 31.2 Å². The molecule has 0 amide bonds. The highest BCUT2D eigenvalue weighted by atomic mass is 14.8. The standard InChI is InChI=1S/C13H15N3/c14-13(5-6-13)4-3-10-1-2-11-12(9-10)16-8-7-15-11/h1-2,7-9H,3-6,14H2. The molecule has 0 aliphatic heterocycles. The fourth-order valence-electron chi connectivity index (χ4n) is 1.97. The normalized spacial score (nSPS) is 17.6. The molecule has 3 rings (SSSR count). The topological polar surface area (TPSA) is 51.8 Å². The van der Waals surface area contributed by atoms with Crippen molar-refractivity contribution >= 4 is 11.0 Å². The molecule has 0 bridgehead atoms. The van der Waals surface area contributed by atoms with Gasteiger partial charge in [-0.15, -0.1) is 0 Å². The quantitative estimate of drug-likeness (QED) is 0.849. The number of nitrogens with zero attached hydrogens (tertiary/aromatic N) is 2. The molecule has 82 valence electrons. The maximum absolute atomic E-state index is 6.08. The van der Waals surface area contributed by atoms with E-state index in [2.05, 4.69) is 22.1 Å². The SMILES string of the molecule is NC1(CCc2ccc3nccnc3c2)CC1. The Balaban J connectivity index is 1.81. The van der Waals surface area contributed by atoms with Crippen LogP contribution in [0.1, 0.15) is 24.8 Å². The van der Waals surface area contributed by atoms with Gasteiger partial charge in [0.25, 0.3) is 0 Å². The van der Waals surface area contributed by atoms with Crippen molar-refractivity contribution in [1.82, 2.24) is 9.97 Å². The fraction of sp³-hybridized carbons (Fsp3) is 0.385. The van der Waals surface area contributed by atoms with Gasteiger partial charge in [0.2, 0.25) is 0 Å². The molecule has 1 aliphatic carbocycles. The van der Waals surface area contributed by atoms with E-state index < -0.39 is 0 Å². The minimum absolute atomic E-state index is 0.136. The summed E-state index contributed by atoms with van der Waals surface area (Å²) in [6.07, 6.45) is 7.95. The third-order valence-electron chi connectivity index (χ3n) is 3.34. The molecule has 3 nitrogen and oxygen atoms in total. The molecule has 1 heterocycles. The number of aromatic nitrogens is 2. The first kappa shape index (κ1) is 9.73. The number of aryl methyl sites for hydroxylation is 1. The lowest BCUT2D eigenvalue weighted by Crippen LogP contribution is -2.22. The van der Waals surface area contributed by atoms with E-state index in [1.807, 2.05) is 6.07 Å². The maximum Gasteiger partial charge on any atom is 0.0889 e. The third-order valence-corrected chi connectivity index (χ3v) is 3.34. The highest BCUT2D eigenvalue weighted by molar-refractivity contribution is 5.74. The molecular formula is C13H15N3. The molecule has 0 unspecified atom stereocenters. The monoisotopic (exact) mass is 213 g/mol. The predicted molar refractivity (Wildman–Crippen MR) is 64.0 cm³/mol. The lowest BCUT2D eigenvalue weighted by Gasteiger charge is -2.08. The Morgan fingerprint density at radius 3 is 2.62 bits per heavy atom. The second-order valence-corrected chi connectivity index (χ2v) is 4.74. The number of benzene rings is 1. The van der Waals surface area contributed by atoms with Crippen LogP contribution in [0.25, 0.3) is 11.0 Å². The summed E-state index contributed by atoms with van der Waals surface area (Å²) in [6.45, 7) is 0. The Kier molecular flexibility index (Phi) is 2.14. The van der Waals surface area contributed by atoms with Crippen molar-refractivity contribution in [2.75, 3.05) is 0 Å². The summed E-state index contributed by atoms with van der Waals surface area (Å²) < 4.78 is 0. The van der Waals surface area contributed by atoms with Crippen LogP contribution in [0.4, 0.5) is 0 Å².